The zero-order valence-corrected chi connectivity index (χ0v) is 19.9. The van der Waals surface area contributed by atoms with E-state index in [1.165, 1.54) is 0 Å². The van der Waals surface area contributed by atoms with Gasteiger partial charge in [-0.25, -0.2) is 4.68 Å². The standard InChI is InChI=1S/C29H27N5O2/c30-19-10-20-33(25-13-6-2-7-14-25)28(36)18-17-27(35)31-21-24-22-34(26-15-8-3-9-16-26)32-29(24)23-11-4-1-5-12-23/h1-9,11-16,22H,10,17-18,20-21H2,(H,31,35). The molecule has 36 heavy (non-hydrogen) atoms. The van der Waals surface area contributed by atoms with Crippen LogP contribution in [0.3, 0.4) is 0 Å². The van der Waals surface area contributed by atoms with Gasteiger partial charge in [-0.15, -0.1) is 0 Å². The van der Waals surface area contributed by atoms with Crippen LogP contribution in [0.5, 0.6) is 0 Å². The van der Waals surface area contributed by atoms with Crippen molar-refractivity contribution >= 4 is 17.5 Å². The fraction of sp³-hybridized carbons (Fsp3) is 0.172. The molecule has 0 fully saturated rings. The van der Waals surface area contributed by atoms with E-state index in [-0.39, 0.29) is 31.1 Å². The molecule has 0 unspecified atom stereocenters. The number of nitrogens with zero attached hydrogens (tertiary/aromatic N) is 4. The predicted octanol–water partition coefficient (Wildman–Crippen LogP) is 4.88. The molecule has 0 saturated heterocycles. The first kappa shape index (κ1) is 24.4. The number of aromatic nitrogens is 2. The van der Waals surface area contributed by atoms with Gasteiger partial charge in [-0.1, -0.05) is 66.7 Å². The van der Waals surface area contributed by atoms with Gasteiger partial charge in [0, 0.05) is 48.9 Å². The van der Waals surface area contributed by atoms with Crippen molar-refractivity contribution in [3.05, 3.63) is 103 Å². The van der Waals surface area contributed by atoms with E-state index in [1.807, 2.05) is 97.2 Å². The Hall–Kier alpha value is -4.70. The topological polar surface area (TPSA) is 91.0 Å². The Morgan fingerprint density at radius 2 is 1.53 bits per heavy atom. The number of nitriles is 1. The van der Waals surface area contributed by atoms with E-state index in [0.717, 1.165) is 28.2 Å². The lowest BCUT2D eigenvalue weighted by atomic mass is 10.1. The quantitative estimate of drug-likeness (QED) is 0.352. The van der Waals surface area contributed by atoms with Crippen molar-refractivity contribution in [2.24, 2.45) is 0 Å². The van der Waals surface area contributed by atoms with E-state index < -0.39 is 0 Å². The maximum absolute atomic E-state index is 12.9. The third-order valence-corrected chi connectivity index (χ3v) is 5.72. The number of rotatable bonds is 10. The Labute approximate surface area is 210 Å². The highest BCUT2D eigenvalue weighted by Crippen LogP contribution is 2.23. The van der Waals surface area contributed by atoms with Gasteiger partial charge in [0.1, 0.15) is 0 Å². The van der Waals surface area contributed by atoms with Gasteiger partial charge in [0.25, 0.3) is 0 Å². The van der Waals surface area contributed by atoms with Crippen LogP contribution in [0.15, 0.2) is 97.2 Å². The minimum absolute atomic E-state index is 0.0565. The van der Waals surface area contributed by atoms with Gasteiger partial charge in [0.05, 0.1) is 23.9 Å². The van der Waals surface area contributed by atoms with Crippen LogP contribution < -0.4 is 10.2 Å². The number of hydrogen-bond donors (Lipinski definition) is 1. The minimum Gasteiger partial charge on any atom is -0.352 e. The van der Waals surface area contributed by atoms with Crippen molar-refractivity contribution in [1.29, 1.82) is 5.26 Å². The largest absolute Gasteiger partial charge is 0.352 e. The number of carbonyl (C=O) groups is 2. The molecular formula is C29H27N5O2. The Morgan fingerprint density at radius 1 is 0.889 bits per heavy atom. The van der Waals surface area contributed by atoms with Crippen LogP contribution in [-0.4, -0.2) is 28.1 Å². The summed E-state index contributed by atoms with van der Waals surface area (Å²) in [4.78, 5) is 27.1. The SMILES string of the molecule is N#CCCN(C(=O)CCC(=O)NCc1cn(-c2ccccc2)nc1-c1ccccc1)c1ccccc1. The summed E-state index contributed by atoms with van der Waals surface area (Å²) in [6.07, 6.45) is 2.26. The van der Waals surface area contributed by atoms with Gasteiger partial charge >= 0.3 is 0 Å². The highest BCUT2D eigenvalue weighted by molar-refractivity contribution is 5.95. The van der Waals surface area contributed by atoms with Crippen molar-refractivity contribution in [3.8, 4) is 23.0 Å². The van der Waals surface area contributed by atoms with Crippen LogP contribution in [0.4, 0.5) is 5.69 Å². The second kappa shape index (κ2) is 12.1. The summed E-state index contributed by atoms with van der Waals surface area (Å²) in [5.41, 5.74) is 4.28. The Morgan fingerprint density at radius 3 is 2.19 bits per heavy atom. The van der Waals surface area contributed by atoms with Crippen LogP contribution in [0.25, 0.3) is 16.9 Å². The number of benzene rings is 3. The van der Waals surface area contributed by atoms with Crippen molar-refractivity contribution in [2.75, 3.05) is 11.4 Å². The highest BCUT2D eigenvalue weighted by Gasteiger charge is 2.18. The van der Waals surface area contributed by atoms with Gasteiger partial charge < -0.3 is 10.2 Å². The van der Waals surface area contributed by atoms with Gasteiger partial charge in [-0.05, 0) is 24.3 Å². The molecule has 0 bridgehead atoms. The lowest BCUT2D eigenvalue weighted by molar-refractivity contribution is -0.125. The summed E-state index contributed by atoms with van der Waals surface area (Å²) < 4.78 is 1.81. The second-order valence-corrected chi connectivity index (χ2v) is 8.21. The summed E-state index contributed by atoms with van der Waals surface area (Å²) in [5, 5.41) is 16.7. The maximum Gasteiger partial charge on any atom is 0.227 e. The molecule has 0 spiro atoms. The second-order valence-electron chi connectivity index (χ2n) is 8.21. The van der Waals surface area contributed by atoms with Crippen molar-refractivity contribution in [1.82, 2.24) is 15.1 Å². The van der Waals surface area contributed by atoms with Crippen molar-refractivity contribution < 1.29 is 9.59 Å². The van der Waals surface area contributed by atoms with Gasteiger partial charge in [-0.2, -0.15) is 10.4 Å². The molecule has 4 aromatic rings. The maximum atomic E-state index is 12.9. The molecule has 7 heteroatoms. The molecule has 1 N–H and O–H groups in total. The smallest absolute Gasteiger partial charge is 0.227 e. The van der Waals surface area contributed by atoms with Crippen molar-refractivity contribution in [2.45, 2.75) is 25.8 Å². The first-order valence-corrected chi connectivity index (χ1v) is 11.8. The van der Waals surface area contributed by atoms with E-state index in [9.17, 15) is 9.59 Å². The number of para-hydroxylation sites is 2. The molecule has 1 heterocycles. The number of nitrogens with one attached hydrogen (secondary N) is 1. The van der Waals surface area contributed by atoms with Crippen LogP contribution in [-0.2, 0) is 16.1 Å². The third-order valence-electron chi connectivity index (χ3n) is 5.72. The summed E-state index contributed by atoms with van der Waals surface area (Å²) in [5.74, 6) is -0.406. The Balaban J connectivity index is 1.42. The molecule has 0 aliphatic rings. The van der Waals surface area contributed by atoms with E-state index in [4.69, 9.17) is 10.4 Å². The molecule has 0 saturated carbocycles. The van der Waals surface area contributed by atoms with Crippen LogP contribution in [0.2, 0.25) is 0 Å². The molecule has 0 aliphatic heterocycles. The van der Waals surface area contributed by atoms with E-state index >= 15 is 0 Å². The molecule has 0 aliphatic carbocycles. The number of anilines is 1. The summed E-state index contributed by atoms with van der Waals surface area (Å²) >= 11 is 0. The summed E-state index contributed by atoms with van der Waals surface area (Å²) in [6, 6.07) is 30.9. The van der Waals surface area contributed by atoms with Gasteiger partial charge in [-0.3, -0.25) is 9.59 Å². The molecule has 2 amide bonds. The first-order chi connectivity index (χ1) is 17.7. The summed E-state index contributed by atoms with van der Waals surface area (Å²) in [6.45, 7) is 0.584. The zero-order chi connectivity index (χ0) is 25.2. The normalized spacial score (nSPS) is 10.4. The number of hydrogen-bond acceptors (Lipinski definition) is 4. The number of carbonyl (C=O) groups excluding carboxylic acids is 2. The van der Waals surface area contributed by atoms with E-state index in [2.05, 4.69) is 11.4 Å². The first-order valence-electron chi connectivity index (χ1n) is 11.8. The molecule has 0 radical (unpaired) electrons. The number of amides is 2. The highest BCUT2D eigenvalue weighted by atomic mass is 16.2. The molecule has 1 aromatic heterocycles. The molecule has 0 atom stereocenters. The van der Waals surface area contributed by atoms with E-state index in [1.54, 1.807) is 9.58 Å². The monoisotopic (exact) mass is 477 g/mol. The molecule has 4 rings (SSSR count). The Bertz CT molecular complexity index is 1330. The van der Waals surface area contributed by atoms with Crippen LogP contribution in [0.1, 0.15) is 24.8 Å². The van der Waals surface area contributed by atoms with Gasteiger partial charge in [0.15, 0.2) is 0 Å². The Kier molecular flexibility index (Phi) is 8.23. The predicted molar refractivity (Wildman–Crippen MR) is 139 cm³/mol. The van der Waals surface area contributed by atoms with E-state index in [0.29, 0.717) is 13.1 Å². The lowest BCUT2D eigenvalue weighted by Gasteiger charge is -2.21. The molecule has 180 valence electrons. The fourth-order valence-corrected chi connectivity index (χ4v) is 3.90. The zero-order valence-electron chi connectivity index (χ0n) is 19.9. The minimum atomic E-state index is -0.219. The fourth-order valence-electron chi connectivity index (χ4n) is 3.90. The average Bonchev–Trinajstić information content (AvgIpc) is 3.37. The average molecular weight is 478 g/mol. The lowest BCUT2D eigenvalue weighted by Crippen LogP contribution is -2.33. The van der Waals surface area contributed by atoms with Crippen LogP contribution >= 0.6 is 0 Å². The third kappa shape index (κ3) is 6.24. The van der Waals surface area contributed by atoms with Gasteiger partial charge in [0.2, 0.25) is 11.8 Å². The summed E-state index contributed by atoms with van der Waals surface area (Å²) in [7, 11) is 0. The molecule has 7 nitrogen and oxygen atoms in total. The molecular weight excluding hydrogens is 450 g/mol. The molecule has 3 aromatic carbocycles. The van der Waals surface area contributed by atoms with Crippen molar-refractivity contribution in [3.63, 3.8) is 0 Å². The van der Waals surface area contributed by atoms with Crippen LogP contribution in [0, 0.1) is 11.3 Å².